The van der Waals surface area contributed by atoms with Gasteiger partial charge in [-0.15, -0.1) is 0 Å². The third-order valence-corrected chi connectivity index (χ3v) is 9.94. The highest BCUT2D eigenvalue weighted by molar-refractivity contribution is 8.26. The van der Waals surface area contributed by atoms with E-state index < -0.39 is 12.5 Å². The normalized spacial score (nSPS) is 17.0. The number of nitrogens with zero attached hydrogens (tertiary/aromatic N) is 2. The number of carbonyl (C=O) groups is 2. The molecule has 8 heteroatoms. The minimum atomic E-state index is -1.07. The Morgan fingerprint density at radius 1 is 0.800 bits per heavy atom. The number of hydrogen-bond acceptors (Lipinski definition) is 6. The van der Waals surface area contributed by atoms with Crippen LogP contribution in [0.25, 0.3) is 0 Å². The summed E-state index contributed by atoms with van der Waals surface area (Å²) >= 11 is 8.10. The molecular weight excluding hydrogens is 557 g/mol. The topological polar surface area (TPSA) is 60.9 Å². The van der Waals surface area contributed by atoms with E-state index in [0.29, 0.717) is 9.23 Å². The first-order valence-corrected chi connectivity index (χ1v) is 17.3. The van der Waals surface area contributed by atoms with E-state index in [9.17, 15) is 9.59 Å². The Morgan fingerprint density at radius 3 is 1.93 bits per heavy atom. The van der Waals surface area contributed by atoms with Gasteiger partial charge in [0, 0.05) is 11.4 Å². The zero-order valence-corrected chi connectivity index (χ0v) is 26.5. The van der Waals surface area contributed by atoms with E-state index in [2.05, 4.69) is 36.1 Å². The van der Waals surface area contributed by atoms with Crippen LogP contribution in [-0.4, -0.2) is 39.3 Å². The lowest BCUT2D eigenvalue weighted by atomic mass is 10.0. The first-order valence-electron chi connectivity index (χ1n) is 15.2. The fourth-order valence-electron chi connectivity index (χ4n) is 5.16. The SMILES string of the molecule is CCCCCCCCCCCCCCCCCCN1/C(=C/C=C2\SC(=S)N(CC(=O)O)C2=O)Sc2ccccc21. The molecule has 1 fully saturated rings. The molecule has 0 bridgehead atoms. The third kappa shape index (κ3) is 10.9. The van der Waals surface area contributed by atoms with Gasteiger partial charge < -0.3 is 10.0 Å². The molecule has 0 atom stereocenters. The van der Waals surface area contributed by atoms with E-state index >= 15 is 0 Å². The van der Waals surface area contributed by atoms with Gasteiger partial charge in [-0.1, -0.05) is 151 Å². The van der Waals surface area contributed by atoms with Gasteiger partial charge in [0.05, 0.1) is 15.6 Å². The number of carboxylic acid groups (broad SMARTS) is 1. The van der Waals surface area contributed by atoms with Crippen LogP contribution in [0.5, 0.6) is 0 Å². The van der Waals surface area contributed by atoms with E-state index in [-0.39, 0.29) is 5.91 Å². The predicted molar refractivity (Wildman–Crippen MR) is 175 cm³/mol. The molecule has 3 rings (SSSR count). The van der Waals surface area contributed by atoms with Crippen molar-refractivity contribution in [3.63, 3.8) is 0 Å². The van der Waals surface area contributed by atoms with Gasteiger partial charge in [0.1, 0.15) is 10.9 Å². The second-order valence-electron chi connectivity index (χ2n) is 10.7. The minimum Gasteiger partial charge on any atom is -0.480 e. The molecule has 1 aromatic rings. The summed E-state index contributed by atoms with van der Waals surface area (Å²) in [4.78, 5) is 28.9. The number of thiocarbonyl (C=S) groups is 1. The van der Waals surface area contributed by atoms with Crippen LogP contribution in [0.3, 0.4) is 0 Å². The van der Waals surface area contributed by atoms with E-state index in [1.54, 1.807) is 17.8 Å². The van der Waals surface area contributed by atoms with Crippen LogP contribution in [0.15, 0.2) is 51.2 Å². The third-order valence-electron chi connectivity index (χ3n) is 7.42. The molecule has 220 valence electrons. The first-order chi connectivity index (χ1) is 19.5. The molecule has 0 aromatic heterocycles. The summed E-state index contributed by atoms with van der Waals surface area (Å²) in [5.41, 5.74) is 1.21. The van der Waals surface area contributed by atoms with Crippen molar-refractivity contribution in [3.05, 3.63) is 46.4 Å². The highest BCUT2D eigenvalue weighted by atomic mass is 32.2. The van der Waals surface area contributed by atoms with Gasteiger partial charge >= 0.3 is 5.97 Å². The van der Waals surface area contributed by atoms with Crippen LogP contribution in [-0.2, 0) is 9.59 Å². The average Bonchev–Trinajstić information content (AvgIpc) is 3.42. The minimum absolute atomic E-state index is 0.296. The van der Waals surface area contributed by atoms with Crippen LogP contribution in [0.1, 0.15) is 110 Å². The molecule has 0 radical (unpaired) electrons. The van der Waals surface area contributed by atoms with Crippen LogP contribution in [0, 0.1) is 0 Å². The van der Waals surface area contributed by atoms with Crippen LogP contribution in [0.4, 0.5) is 5.69 Å². The average molecular weight is 603 g/mol. The molecule has 0 aliphatic carbocycles. The Morgan fingerprint density at radius 2 is 1.35 bits per heavy atom. The molecule has 0 unspecified atom stereocenters. The first kappa shape index (κ1) is 32.7. The van der Waals surface area contributed by atoms with E-state index in [0.717, 1.165) is 22.9 Å². The van der Waals surface area contributed by atoms with Crippen molar-refractivity contribution in [1.82, 2.24) is 4.90 Å². The van der Waals surface area contributed by atoms with Crippen molar-refractivity contribution in [2.24, 2.45) is 0 Å². The maximum absolute atomic E-state index is 12.6. The maximum atomic E-state index is 12.6. The van der Waals surface area contributed by atoms with Crippen molar-refractivity contribution >= 4 is 57.6 Å². The standard InChI is InChI=1S/C32H46N2O3S3/c1-2-3-4-5-6-7-8-9-10-11-12-13-14-15-16-19-24-33-26-20-17-18-21-27(26)39-29(33)23-22-28-31(37)34(25-30(35)36)32(38)40-28/h17-18,20-23H,2-16,19,24-25H2,1H3,(H,35,36)/b28-22-,29-23-. The number of anilines is 1. The van der Waals surface area contributed by atoms with Gasteiger partial charge in [-0.05, 0) is 30.7 Å². The van der Waals surface area contributed by atoms with Crippen molar-refractivity contribution in [2.45, 2.75) is 115 Å². The van der Waals surface area contributed by atoms with Crippen molar-refractivity contribution in [3.8, 4) is 0 Å². The number of benzene rings is 1. The Labute approximate surface area is 255 Å². The number of carboxylic acids is 1. The second-order valence-corrected chi connectivity index (χ2v) is 13.5. The smallest absolute Gasteiger partial charge is 0.323 e. The monoisotopic (exact) mass is 602 g/mol. The zero-order chi connectivity index (χ0) is 28.6. The molecule has 0 spiro atoms. The number of thioether (sulfide) groups is 2. The summed E-state index contributed by atoms with van der Waals surface area (Å²) in [5.74, 6) is -1.40. The number of carbonyl (C=O) groups excluding carboxylic acids is 1. The van der Waals surface area contributed by atoms with Crippen LogP contribution < -0.4 is 4.90 Å². The molecule has 1 N–H and O–H groups in total. The molecule has 2 aliphatic heterocycles. The predicted octanol–water partition coefficient (Wildman–Crippen LogP) is 9.53. The van der Waals surface area contributed by atoms with Crippen molar-refractivity contribution in [1.29, 1.82) is 0 Å². The lowest BCUT2D eigenvalue weighted by Gasteiger charge is -2.20. The summed E-state index contributed by atoms with van der Waals surface area (Å²) in [5, 5.41) is 10.2. The zero-order valence-electron chi connectivity index (χ0n) is 24.1. The molecule has 0 saturated carbocycles. The molecule has 40 heavy (non-hydrogen) atoms. The van der Waals surface area contributed by atoms with Gasteiger partial charge in [0.2, 0.25) is 0 Å². The molecule has 2 aliphatic rings. The molecular formula is C32H46N2O3S3. The second kappa shape index (κ2) is 18.6. The molecule has 1 saturated heterocycles. The number of allylic oxidation sites excluding steroid dienone is 2. The molecule has 1 aromatic carbocycles. The summed E-state index contributed by atoms with van der Waals surface area (Å²) in [6.45, 7) is 2.83. The lowest BCUT2D eigenvalue weighted by molar-refractivity contribution is -0.140. The molecule has 2 heterocycles. The van der Waals surface area contributed by atoms with Gasteiger partial charge in [-0.3, -0.25) is 14.5 Å². The fourth-order valence-corrected chi connectivity index (χ4v) is 7.45. The number of unbranched alkanes of at least 4 members (excludes halogenated alkanes) is 15. The summed E-state index contributed by atoms with van der Waals surface area (Å²) in [6, 6.07) is 8.41. The Balaban J connectivity index is 1.35. The van der Waals surface area contributed by atoms with Gasteiger partial charge in [-0.25, -0.2) is 0 Å². The lowest BCUT2D eigenvalue weighted by Crippen LogP contribution is -2.33. The number of fused-ring (bicyclic) bond motifs is 1. The Bertz CT molecular complexity index is 1040. The van der Waals surface area contributed by atoms with Gasteiger partial charge in [0.25, 0.3) is 5.91 Å². The van der Waals surface area contributed by atoms with Gasteiger partial charge in [0.15, 0.2) is 0 Å². The summed E-state index contributed by atoms with van der Waals surface area (Å²) < 4.78 is 0.296. The van der Waals surface area contributed by atoms with Crippen molar-refractivity contribution in [2.75, 3.05) is 18.0 Å². The van der Waals surface area contributed by atoms with E-state index in [4.69, 9.17) is 17.3 Å². The fraction of sp³-hybridized carbons (Fsp3) is 0.594. The number of hydrogen-bond donors (Lipinski definition) is 1. The highest BCUT2D eigenvalue weighted by Gasteiger charge is 2.33. The number of para-hydroxylation sites is 1. The Hall–Kier alpha value is -1.77. The van der Waals surface area contributed by atoms with Crippen LogP contribution in [0.2, 0.25) is 0 Å². The summed E-state index contributed by atoms with van der Waals surface area (Å²) in [6.07, 6.45) is 25.5. The van der Waals surface area contributed by atoms with Gasteiger partial charge in [-0.2, -0.15) is 0 Å². The summed E-state index contributed by atoms with van der Waals surface area (Å²) in [7, 11) is 0. The Kier molecular flexibility index (Phi) is 15.2. The van der Waals surface area contributed by atoms with Crippen LogP contribution >= 0.6 is 35.7 Å². The van der Waals surface area contributed by atoms with E-state index in [1.807, 2.05) is 6.08 Å². The van der Waals surface area contributed by atoms with E-state index in [1.165, 1.54) is 119 Å². The quantitative estimate of drug-likeness (QED) is 0.0906. The maximum Gasteiger partial charge on any atom is 0.323 e. The molecule has 5 nitrogen and oxygen atoms in total. The highest BCUT2D eigenvalue weighted by Crippen LogP contribution is 2.46. The number of aliphatic carboxylic acids is 1. The number of rotatable bonds is 20. The largest absolute Gasteiger partial charge is 0.480 e. The number of amides is 1. The van der Waals surface area contributed by atoms with Crippen molar-refractivity contribution < 1.29 is 14.7 Å². The molecule has 1 amide bonds.